The first-order valence-electron chi connectivity index (χ1n) is 16.0. The second-order valence-corrected chi connectivity index (χ2v) is 14.7. The van der Waals surface area contributed by atoms with E-state index in [9.17, 15) is 24.0 Å². The van der Waals surface area contributed by atoms with Crippen molar-refractivity contribution in [2.45, 2.75) is 25.5 Å². The fraction of sp³-hybridized carbons (Fsp3) is 0.100. The van der Waals surface area contributed by atoms with Gasteiger partial charge in [0.15, 0.2) is 6.04 Å². The van der Waals surface area contributed by atoms with Crippen molar-refractivity contribution in [3.63, 3.8) is 0 Å². The van der Waals surface area contributed by atoms with Gasteiger partial charge in [0, 0.05) is 6.89 Å². The normalized spacial score (nSPS) is 15.1. The minimum Gasteiger partial charge on any atom is -0.456 e. The molecule has 1 heterocycles. The van der Waals surface area contributed by atoms with Crippen molar-refractivity contribution < 1.29 is 38.2 Å². The van der Waals surface area contributed by atoms with Gasteiger partial charge in [-0.1, -0.05) is 152 Å². The summed E-state index contributed by atoms with van der Waals surface area (Å²) in [6.45, 7) is -3.60. The summed E-state index contributed by atoms with van der Waals surface area (Å²) in [6, 6.07) is 44.2. The van der Waals surface area contributed by atoms with Crippen molar-refractivity contribution in [1.82, 2.24) is 10.2 Å². The number of ether oxygens (including phenoxy) is 3. The molecule has 1 saturated heterocycles. The van der Waals surface area contributed by atoms with Crippen LogP contribution < -0.4 is 21.2 Å². The van der Waals surface area contributed by atoms with Gasteiger partial charge in [0.05, 0.1) is 0 Å². The first-order valence-corrected chi connectivity index (χ1v) is 17.8. The van der Waals surface area contributed by atoms with E-state index < -0.39 is 43.1 Å². The quantitative estimate of drug-likeness (QED) is 0.0516. The number of likely N-dealkylation sites (tertiary alicyclic amines) is 1. The molecule has 1 aliphatic heterocycles. The molecule has 2 amide bonds. The Morgan fingerprint density at radius 1 is 0.627 bits per heavy atom. The number of nitrogens with one attached hydrogen (secondary N) is 1. The molecular weight excluding hydrogens is 667 g/mol. The number of hydrogen-bond donors (Lipinski definition) is 1. The average Bonchev–Trinajstić information content (AvgIpc) is 3.19. The predicted octanol–water partition coefficient (Wildman–Crippen LogP) is 4.06. The fourth-order valence-electron chi connectivity index (χ4n) is 5.93. The minimum absolute atomic E-state index is 0.0485. The predicted molar refractivity (Wildman–Crippen MR) is 193 cm³/mol. The van der Waals surface area contributed by atoms with Gasteiger partial charge in [-0.15, -0.1) is 0 Å². The second kappa shape index (κ2) is 16.0. The Morgan fingerprint density at radius 3 is 1.47 bits per heavy atom. The van der Waals surface area contributed by atoms with Crippen LogP contribution in [0, 0.1) is 0 Å². The number of β-lactam (4-membered cyclic amide) rings is 1. The van der Waals surface area contributed by atoms with E-state index in [1.165, 1.54) is 0 Å². The molecule has 0 radical (unpaired) electrons. The van der Waals surface area contributed by atoms with Crippen molar-refractivity contribution in [2.24, 2.45) is 0 Å². The van der Waals surface area contributed by atoms with Crippen molar-refractivity contribution in [2.75, 3.05) is 0 Å². The summed E-state index contributed by atoms with van der Waals surface area (Å²) in [5.41, 5.74) is 1.30. The molecule has 0 aliphatic carbocycles. The molecular formula is C40H33N2O8P. The maximum Gasteiger partial charge on any atom is 0.408 e. The minimum atomic E-state index is -3.38. The molecule has 6 rings (SSSR count). The Kier molecular flexibility index (Phi) is 10.8. The highest BCUT2D eigenvalue weighted by Crippen LogP contribution is 2.49. The average molecular weight is 701 g/mol. The highest BCUT2D eigenvalue weighted by Gasteiger charge is 2.57. The van der Waals surface area contributed by atoms with Crippen LogP contribution in [0.5, 0.6) is 0 Å². The number of amides is 2. The third-order valence-corrected chi connectivity index (χ3v) is 12.5. The van der Waals surface area contributed by atoms with Crippen LogP contribution in [-0.4, -0.2) is 52.8 Å². The Morgan fingerprint density at radius 2 is 1.04 bits per heavy atom. The topological polar surface area (TPSA) is 128 Å². The zero-order valence-electron chi connectivity index (χ0n) is 27.2. The molecule has 0 spiro atoms. The van der Waals surface area contributed by atoms with Gasteiger partial charge in [0.1, 0.15) is 18.6 Å². The summed E-state index contributed by atoms with van der Waals surface area (Å²) in [5, 5.41) is 4.56. The number of rotatable bonds is 12. The van der Waals surface area contributed by atoms with Gasteiger partial charge in [-0.3, -0.25) is 14.5 Å². The molecule has 0 bridgehead atoms. The van der Waals surface area contributed by atoms with Gasteiger partial charge in [-0.25, -0.2) is 14.4 Å². The third kappa shape index (κ3) is 7.37. The lowest BCUT2D eigenvalue weighted by Gasteiger charge is -2.48. The van der Waals surface area contributed by atoms with Gasteiger partial charge in [-0.05, 0) is 27.0 Å². The zero-order valence-corrected chi connectivity index (χ0v) is 28.1. The van der Waals surface area contributed by atoms with Crippen LogP contribution in [0.2, 0.25) is 0 Å². The Bertz CT molecular complexity index is 1960. The second-order valence-electron chi connectivity index (χ2n) is 11.4. The van der Waals surface area contributed by atoms with Crippen LogP contribution in [0.25, 0.3) is 0 Å². The number of esters is 2. The molecule has 0 aromatic heterocycles. The number of hydrogen-bond acceptors (Lipinski definition) is 8. The number of benzene rings is 5. The van der Waals surface area contributed by atoms with Crippen LogP contribution in [0.15, 0.2) is 152 Å². The SMILES string of the molecule is O=CC(=O)O[C@@H]1[C@H](NC(=O)OCc2ccccc2)C(=O)N1C(C(=O)OCc1ccccc1)=P(c1ccccc1)(c1ccccc1)c1ccccc1. The molecule has 1 aliphatic rings. The monoisotopic (exact) mass is 700 g/mol. The maximum atomic E-state index is 14.8. The number of alkyl carbamates (subject to hydrolysis) is 1. The summed E-state index contributed by atoms with van der Waals surface area (Å²) in [6.07, 6.45) is -2.62. The van der Waals surface area contributed by atoms with E-state index in [4.69, 9.17) is 14.2 Å². The van der Waals surface area contributed by atoms with Gasteiger partial charge < -0.3 is 19.5 Å². The molecule has 2 atom stereocenters. The van der Waals surface area contributed by atoms with Gasteiger partial charge in [0.2, 0.25) is 12.5 Å². The van der Waals surface area contributed by atoms with Crippen molar-refractivity contribution >= 4 is 58.4 Å². The standard InChI is InChI=1S/C40H33N2O8P/c43-26-34(44)50-37-35(41-40(47)49-28-30-18-8-2-9-19-30)36(45)42(37)38(39(46)48-27-29-16-6-1-7-17-29)51(31-20-10-3-11-21-31,32-22-12-4-13-23-32)33-24-14-5-15-25-33/h1-26,35,37H,27-28H2,(H,41,47)/t35-,37-/m1/s1. The summed E-state index contributed by atoms with van der Waals surface area (Å²) in [4.78, 5) is 67.4. The van der Waals surface area contributed by atoms with Gasteiger partial charge in [0.25, 0.3) is 5.91 Å². The highest BCUT2D eigenvalue weighted by molar-refractivity contribution is 7.96. The van der Waals surface area contributed by atoms with E-state index in [0.29, 0.717) is 27.0 Å². The molecule has 0 unspecified atom stereocenters. The van der Waals surface area contributed by atoms with E-state index >= 15 is 0 Å². The van der Waals surface area contributed by atoms with Crippen molar-refractivity contribution in [3.8, 4) is 0 Å². The van der Waals surface area contributed by atoms with Crippen LogP contribution in [0.1, 0.15) is 11.1 Å². The number of carbonyl (C=O) groups is 5. The molecule has 5 aromatic carbocycles. The number of aldehydes is 1. The van der Waals surface area contributed by atoms with E-state index in [1.54, 1.807) is 36.4 Å². The van der Waals surface area contributed by atoms with Gasteiger partial charge in [-0.2, -0.15) is 0 Å². The van der Waals surface area contributed by atoms with Gasteiger partial charge >= 0.3 is 18.0 Å². The fourth-order valence-corrected chi connectivity index (χ4v) is 10.3. The van der Waals surface area contributed by atoms with Crippen LogP contribution in [-0.2, 0) is 46.6 Å². The number of carbonyl (C=O) groups excluding carboxylic acids is 5. The molecule has 10 nitrogen and oxygen atoms in total. The molecule has 51 heavy (non-hydrogen) atoms. The van der Waals surface area contributed by atoms with Crippen LogP contribution >= 0.6 is 6.89 Å². The summed E-state index contributed by atoms with van der Waals surface area (Å²) >= 11 is 0. The van der Waals surface area contributed by atoms with E-state index in [2.05, 4.69) is 5.32 Å². The van der Waals surface area contributed by atoms with E-state index in [-0.39, 0.29) is 24.9 Å². The molecule has 256 valence electrons. The molecule has 1 fully saturated rings. The highest BCUT2D eigenvalue weighted by atomic mass is 31.2. The summed E-state index contributed by atoms with van der Waals surface area (Å²) in [7, 11) is 0. The Labute approximate surface area is 294 Å². The smallest absolute Gasteiger partial charge is 0.408 e. The molecule has 11 heteroatoms. The first kappa shape index (κ1) is 34.6. The molecule has 5 aromatic rings. The van der Waals surface area contributed by atoms with Crippen molar-refractivity contribution in [3.05, 3.63) is 163 Å². The largest absolute Gasteiger partial charge is 0.456 e. The lowest BCUT2D eigenvalue weighted by Crippen LogP contribution is -2.74. The zero-order chi connectivity index (χ0) is 35.6. The Balaban J connectivity index is 1.54. The van der Waals surface area contributed by atoms with E-state index in [0.717, 1.165) is 4.90 Å². The van der Waals surface area contributed by atoms with Crippen molar-refractivity contribution in [1.29, 1.82) is 0 Å². The first-order chi connectivity index (χ1) is 24.9. The third-order valence-electron chi connectivity index (χ3n) is 8.23. The van der Waals surface area contributed by atoms with Crippen LogP contribution in [0.4, 0.5) is 4.79 Å². The number of nitrogens with zero attached hydrogens (tertiary/aromatic N) is 1. The molecule has 1 N–H and O–H groups in total. The maximum absolute atomic E-state index is 14.8. The molecule has 0 saturated carbocycles. The lowest BCUT2D eigenvalue weighted by atomic mass is 10.0. The van der Waals surface area contributed by atoms with E-state index in [1.807, 2.05) is 115 Å². The van der Waals surface area contributed by atoms with Crippen LogP contribution in [0.3, 0.4) is 0 Å². The summed E-state index contributed by atoms with van der Waals surface area (Å²) in [5.74, 6) is -2.93. The lowest BCUT2D eigenvalue weighted by molar-refractivity contribution is -0.181. The Hall–Kier alpha value is -6.25. The summed E-state index contributed by atoms with van der Waals surface area (Å²) < 4.78 is 16.8.